The Morgan fingerprint density at radius 3 is 2.68 bits per heavy atom. The van der Waals surface area contributed by atoms with Gasteiger partial charge in [-0.2, -0.15) is 0 Å². The lowest BCUT2D eigenvalue weighted by Crippen LogP contribution is -2.49. The van der Waals surface area contributed by atoms with E-state index in [9.17, 15) is 13.6 Å². The molecule has 3 rings (SSSR count). The number of piperidine rings is 1. The van der Waals surface area contributed by atoms with E-state index in [-0.39, 0.29) is 29.5 Å². The number of halogens is 2. The highest BCUT2D eigenvalue weighted by Crippen LogP contribution is 2.45. The van der Waals surface area contributed by atoms with Crippen LogP contribution in [0.15, 0.2) is 18.2 Å². The quantitative estimate of drug-likeness (QED) is 0.927. The third kappa shape index (κ3) is 3.29. The lowest BCUT2D eigenvalue weighted by Gasteiger charge is -2.33. The van der Waals surface area contributed by atoms with Gasteiger partial charge in [0.05, 0.1) is 0 Å². The first kappa shape index (κ1) is 15.4. The molecule has 0 spiro atoms. The fraction of sp³-hybridized carbons (Fsp3) is 0.588. The Morgan fingerprint density at radius 1 is 1.36 bits per heavy atom. The number of carbonyl (C=O) groups is 1. The van der Waals surface area contributed by atoms with E-state index in [1.54, 1.807) is 0 Å². The van der Waals surface area contributed by atoms with E-state index >= 15 is 0 Å². The summed E-state index contributed by atoms with van der Waals surface area (Å²) < 4.78 is 27.5. The summed E-state index contributed by atoms with van der Waals surface area (Å²) in [5.74, 6) is -0.885. The Hall–Kier alpha value is -1.49. The van der Waals surface area contributed by atoms with Gasteiger partial charge in [-0.05, 0) is 44.4 Å². The van der Waals surface area contributed by atoms with Crippen LogP contribution < -0.4 is 5.32 Å². The van der Waals surface area contributed by atoms with Crippen LogP contribution in [-0.4, -0.2) is 29.9 Å². The van der Waals surface area contributed by atoms with Crippen LogP contribution in [0.1, 0.15) is 38.2 Å². The molecule has 0 radical (unpaired) electrons. The number of benzene rings is 1. The summed E-state index contributed by atoms with van der Waals surface area (Å²) in [6.07, 6.45) is 3.77. The summed E-state index contributed by atoms with van der Waals surface area (Å²) in [6.45, 7) is 3.69. The highest BCUT2D eigenvalue weighted by molar-refractivity contribution is 5.85. The van der Waals surface area contributed by atoms with Gasteiger partial charge in [0, 0.05) is 30.1 Å². The molecule has 3 nitrogen and oxygen atoms in total. The summed E-state index contributed by atoms with van der Waals surface area (Å²) in [5, 5.41) is 3.10. The summed E-state index contributed by atoms with van der Waals surface area (Å²) in [5.41, 5.74) is -0.0662. The first-order valence-corrected chi connectivity index (χ1v) is 7.94. The average molecular weight is 308 g/mol. The molecule has 1 aliphatic carbocycles. The second-order valence-corrected chi connectivity index (χ2v) is 6.81. The minimum Gasteiger partial charge on any atom is -0.352 e. The lowest BCUT2D eigenvalue weighted by atomic mass is 10.0. The van der Waals surface area contributed by atoms with Crippen molar-refractivity contribution in [3.63, 3.8) is 0 Å². The molecule has 1 amide bonds. The third-order valence-electron chi connectivity index (χ3n) is 4.83. The number of rotatable bonds is 4. The molecule has 1 unspecified atom stereocenters. The molecule has 2 fully saturated rings. The Bertz CT molecular complexity index is 552. The van der Waals surface area contributed by atoms with Gasteiger partial charge < -0.3 is 5.32 Å². The van der Waals surface area contributed by atoms with Crippen LogP contribution in [0.3, 0.4) is 0 Å². The monoisotopic (exact) mass is 308 g/mol. The molecule has 1 saturated carbocycles. The van der Waals surface area contributed by atoms with Gasteiger partial charge in [-0.15, -0.1) is 0 Å². The maximum Gasteiger partial charge on any atom is 0.226 e. The topological polar surface area (TPSA) is 32.3 Å². The number of amides is 1. The molecular formula is C17H22F2N2O. The van der Waals surface area contributed by atoms with Crippen LogP contribution >= 0.6 is 0 Å². The van der Waals surface area contributed by atoms with Crippen molar-refractivity contribution >= 4 is 5.91 Å². The van der Waals surface area contributed by atoms with Crippen molar-refractivity contribution in [3.05, 3.63) is 35.4 Å². The number of hydrogen-bond acceptors (Lipinski definition) is 2. The lowest BCUT2D eigenvalue weighted by molar-refractivity contribution is -0.126. The largest absolute Gasteiger partial charge is 0.352 e. The van der Waals surface area contributed by atoms with Crippen LogP contribution in [0.25, 0.3) is 0 Å². The molecule has 2 aliphatic rings. The normalized spacial score (nSPS) is 24.0. The Labute approximate surface area is 129 Å². The Balaban J connectivity index is 1.60. The maximum atomic E-state index is 13.7. The fourth-order valence-corrected chi connectivity index (χ4v) is 3.00. The van der Waals surface area contributed by atoms with Crippen LogP contribution in [0.5, 0.6) is 0 Å². The van der Waals surface area contributed by atoms with Gasteiger partial charge in [0.25, 0.3) is 0 Å². The van der Waals surface area contributed by atoms with E-state index in [2.05, 4.69) is 5.32 Å². The second-order valence-electron chi connectivity index (χ2n) is 6.81. The molecule has 1 aromatic rings. The molecule has 1 N–H and O–H groups in total. The molecule has 1 saturated heterocycles. The summed E-state index contributed by atoms with van der Waals surface area (Å²) in [6, 6.07) is 4.03. The molecule has 0 bridgehead atoms. The molecular weight excluding hydrogens is 286 g/mol. The molecule has 1 heterocycles. The van der Waals surface area contributed by atoms with E-state index in [0.29, 0.717) is 6.54 Å². The summed E-state index contributed by atoms with van der Waals surface area (Å²) in [4.78, 5) is 14.1. The Kier molecular flexibility index (Phi) is 4.17. The molecule has 5 heteroatoms. The minimum absolute atomic E-state index is 0.0773. The van der Waals surface area contributed by atoms with Crippen molar-refractivity contribution in [2.75, 3.05) is 13.1 Å². The minimum atomic E-state index is -0.503. The highest BCUT2D eigenvalue weighted by Gasteiger charge is 2.45. The van der Waals surface area contributed by atoms with Crippen molar-refractivity contribution in [1.29, 1.82) is 0 Å². The number of nitrogens with zero attached hydrogens (tertiary/aromatic N) is 1. The zero-order valence-electron chi connectivity index (χ0n) is 12.9. The molecule has 1 aromatic carbocycles. The Morgan fingerprint density at radius 2 is 2.05 bits per heavy atom. The maximum absolute atomic E-state index is 13.7. The molecule has 0 aromatic heterocycles. The SMILES string of the molecule is CC1(C(=O)NC2CCCN(Cc3c(F)cccc3F)C2)CC1. The van der Waals surface area contributed by atoms with E-state index < -0.39 is 11.6 Å². The standard InChI is InChI=1S/C17H22F2N2O/c1-17(7-8-17)16(22)20-12-4-3-9-21(10-12)11-13-14(18)5-2-6-15(13)19/h2,5-6,12H,3-4,7-11H2,1H3,(H,20,22). The van der Waals surface area contributed by atoms with Crippen molar-refractivity contribution in [3.8, 4) is 0 Å². The van der Waals surface area contributed by atoms with Crippen molar-refractivity contribution in [2.45, 2.75) is 45.2 Å². The van der Waals surface area contributed by atoms with Crippen LogP contribution in [0.4, 0.5) is 8.78 Å². The van der Waals surface area contributed by atoms with E-state index in [0.717, 1.165) is 32.2 Å². The van der Waals surface area contributed by atoms with Gasteiger partial charge in [-0.1, -0.05) is 13.0 Å². The van der Waals surface area contributed by atoms with E-state index in [1.165, 1.54) is 18.2 Å². The van der Waals surface area contributed by atoms with Crippen molar-refractivity contribution < 1.29 is 13.6 Å². The van der Waals surface area contributed by atoms with Crippen LogP contribution in [0.2, 0.25) is 0 Å². The van der Waals surface area contributed by atoms with Crippen LogP contribution in [0, 0.1) is 17.0 Å². The molecule has 120 valence electrons. The number of carbonyl (C=O) groups excluding carboxylic acids is 1. The van der Waals surface area contributed by atoms with Gasteiger partial charge >= 0.3 is 0 Å². The predicted molar refractivity (Wildman–Crippen MR) is 80.1 cm³/mol. The van der Waals surface area contributed by atoms with Crippen LogP contribution in [-0.2, 0) is 11.3 Å². The average Bonchev–Trinajstić information content (AvgIpc) is 3.23. The zero-order valence-corrected chi connectivity index (χ0v) is 12.9. The van der Waals surface area contributed by atoms with Crippen molar-refractivity contribution in [2.24, 2.45) is 5.41 Å². The first-order chi connectivity index (χ1) is 10.5. The molecule has 22 heavy (non-hydrogen) atoms. The summed E-state index contributed by atoms with van der Waals surface area (Å²) >= 11 is 0. The number of likely N-dealkylation sites (tertiary alicyclic amines) is 1. The van der Waals surface area contributed by atoms with E-state index in [1.807, 2.05) is 11.8 Å². The van der Waals surface area contributed by atoms with Crippen molar-refractivity contribution in [1.82, 2.24) is 10.2 Å². The second kappa shape index (κ2) is 5.95. The van der Waals surface area contributed by atoms with E-state index in [4.69, 9.17) is 0 Å². The van der Waals surface area contributed by atoms with Gasteiger partial charge in [0.1, 0.15) is 11.6 Å². The van der Waals surface area contributed by atoms with Gasteiger partial charge in [-0.3, -0.25) is 9.69 Å². The summed E-state index contributed by atoms with van der Waals surface area (Å²) in [7, 11) is 0. The van der Waals surface area contributed by atoms with Gasteiger partial charge in [0.2, 0.25) is 5.91 Å². The van der Waals surface area contributed by atoms with Gasteiger partial charge in [0.15, 0.2) is 0 Å². The zero-order chi connectivity index (χ0) is 15.7. The number of nitrogens with one attached hydrogen (secondary N) is 1. The number of hydrogen-bond donors (Lipinski definition) is 1. The fourth-order valence-electron chi connectivity index (χ4n) is 3.00. The highest BCUT2D eigenvalue weighted by atomic mass is 19.1. The molecule has 1 atom stereocenters. The molecule has 1 aliphatic heterocycles. The predicted octanol–water partition coefficient (Wildman–Crippen LogP) is 2.85. The smallest absolute Gasteiger partial charge is 0.226 e. The third-order valence-corrected chi connectivity index (χ3v) is 4.83. The van der Waals surface area contributed by atoms with Gasteiger partial charge in [-0.25, -0.2) is 8.78 Å². The first-order valence-electron chi connectivity index (χ1n) is 7.94.